The van der Waals surface area contributed by atoms with Gasteiger partial charge in [-0.2, -0.15) is 0 Å². The van der Waals surface area contributed by atoms with E-state index < -0.39 is 0 Å². The summed E-state index contributed by atoms with van der Waals surface area (Å²) in [6.45, 7) is 0. The lowest BCUT2D eigenvalue weighted by molar-refractivity contribution is 0.0993. The summed E-state index contributed by atoms with van der Waals surface area (Å²) >= 11 is 12.0. The molecule has 0 spiro atoms. The molecule has 0 saturated carbocycles. The third-order valence-corrected chi connectivity index (χ3v) is 4.37. The predicted octanol–water partition coefficient (Wildman–Crippen LogP) is 4.91. The number of benzene rings is 2. The predicted molar refractivity (Wildman–Crippen MR) is 83.0 cm³/mol. The van der Waals surface area contributed by atoms with E-state index >= 15 is 0 Å². The van der Waals surface area contributed by atoms with Gasteiger partial charge in [0.25, 0.3) is 0 Å². The maximum Gasteiger partial charge on any atom is 0.167 e. The summed E-state index contributed by atoms with van der Waals surface area (Å²) in [4.78, 5) is 12.4. The lowest BCUT2D eigenvalue weighted by Crippen LogP contribution is -2.05. The van der Waals surface area contributed by atoms with Gasteiger partial charge in [-0.15, -0.1) is 0 Å². The molecule has 20 heavy (non-hydrogen) atoms. The Kier molecular flexibility index (Phi) is 3.82. The van der Waals surface area contributed by atoms with E-state index in [0.29, 0.717) is 16.5 Å². The Labute approximate surface area is 128 Å². The van der Waals surface area contributed by atoms with Gasteiger partial charge in [0, 0.05) is 22.0 Å². The molecule has 0 aromatic heterocycles. The molecule has 1 aliphatic rings. The van der Waals surface area contributed by atoms with Crippen LogP contribution < -0.4 is 0 Å². The van der Waals surface area contributed by atoms with Crippen LogP contribution in [0.1, 0.15) is 33.5 Å². The Bertz CT molecular complexity index is 677. The van der Waals surface area contributed by atoms with E-state index in [1.807, 2.05) is 18.2 Å². The number of carbonyl (C=O) groups is 1. The first kappa shape index (κ1) is 13.7. The number of rotatable bonds is 3. The van der Waals surface area contributed by atoms with E-state index in [-0.39, 0.29) is 5.78 Å². The van der Waals surface area contributed by atoms with Crippen molar-refractivity contribution in [3.05, 3.63) is 68.7 Å². The number of carbonyl (C=O) groups excluding carboxylic acids is 1. The fraction of sp³-hybridized carbons (Fsp3) is 0.235. The van der Waals surface area contributed by atoms with E-state index in [1.165, 1.54) is 17.5 Å². The monoisotopic (exact) mass is 304 g/mol. The first-order chi connectivity index (χ1) is 9.63. The number of halogens is 2. The smallest absolute Gasteiger partial charge is 0.167 e. The van der Waals surface area contributed by atoms with Gasteiger partial charge in [0.05, 0.1) is 0 Å². The molecular formula is C17H14Cl2O. The average molecular weight is 305 g/mol. The summed E-state index contributed by atoms with van der Waals surface area (Å²) in [5.74, 6) is 0.101. The van der Waals surface area contributed by atoms with Crippen LogP contribution in [0, 0.1) is 0 Å². The van der Waals surface area contributed by atoms with Gasteiger partial charge in [0.15, 0.2) is 5.78 Å². The van der Waals surface area contributed by atoms with Crippen molar-refractivity contribution in [2.45, 2.75) is 25.7 Å². The summed E-state index contributed by atoms with van der Waals surface area (Å²) in [6.07, 6.45) is 3.72. The normalized spacial score (nSPS) is 13.3. The van der Waals surface area contributed by atoms with Crippen LogP contribution in [0.4, 0.5) is 0 Å². The lowest BCUT2D eigenvalue weighted by atomic mass is 9.99. The molecular weight excluding hydrogens is 291 g/mol. The number of aryl methyl sites for hydroxylation is 2. The van der Waals surface area contributed by atoms with Crippen molar-refractivity contribution in [3.63, 3.8) is 0 Å². The third-order valence-electron chi connectivity index (χ3n) is 3.79. The van der Waals surface area contributed by atoms with Gasteiger partial charge in [0.2, 0.25) is 0 Å². The van der Waals surface area contributed by atoms with E-state index in [9.17, 15) is 4.79 Å². The lowest BCUT2D eigenvalue weighted by Gasteiger charge is -2.06. The van der Waals surface area contributed by atoms with E-state index in [0.717, 1.165) is 24.0 Å². The molecule has 3 rings (SSSR count). The van der Waals surface area contributed by atoms with Crippen molar-refractivity contribution in [3.8, 4) is 0 Å². The highest BCUT2D eigenvalue weighted by molar-refractivity contribution is 6.35. The topological polar surface area (TPSA) is 17.1 Å². The molecule has 0 amide bonds. The van der Waals surface area contributed by atoms with Crippen LogP contribution in [0.15, 0.2) is 36.4 Å². The Morgan fingerprint density at radius 3 is 2.60 bits per heavy atom. The molecule has 0 radical (unpaired) electrons. The Hall–Kier alpha value is -1.31. The van der Waals surface area contributed by atoms with Crippen molar-refractivity contribution in [2.75, 3.05) is 0 Å². The zero-order valence-electron chi connectivity index (χ0n) is 11.0. The summed E-state index contributed by atoms with van der Waals surface area (Å²) in [5.41, 5.74) is 4.29. The summed E-state index contributed by atoms with van der Waals surface area (Å²) in [5, 5.41) is 1.13. The number of Topliss-reactive ketones (excluding diaryl/α,β-unsaturated/α-hetero) is 1. The molecule has 0 unspecified atom stereocenters. The van der Waals surface area contributed by atoms with Gasteiger partial charge < -0.3 is 0 Å². The fourth-order valence-corrected chi connectivity index (χ4v) is 3.16. The largest absolute Gasteiger partial charge is 0.294 e. The molecule has 0 aliphatic heterocycles. The van der Waals surface area contributed by atoms with Crippen LogP contribution >= 0.6 is 23.2 Å². The van der Waals surface area contributed by atoms with E-state index in [4.69, 9.17) is 23.2 Å². The number of hydrogen-bond donors (Lipinski definition) is 0. The number of fused-ring (bicyclic) bond motifs is 1. The standard InChI is InChI=1S/C17H14Cl2O/c18-15-7-6-13(16(19)10-15)9-17(20)14-5-4-11-2-1-3-12(11)8-14/h4-8,10H,1-3,9H2. The number of ketones is 1. The minimum Gasteiger partial charge on any atom is -0.294 e. The molecule has 1 nitrogen and oxygen atoms in total. The molecule has 2 aromatic carbocycles. The van der Waals surface area contributed by atoms with Crippen molar-refractivity contribution in [1.29, 1.82) is 0 Å². The second-order valence-corrected chi connectivity index (χ2v) is 6.02. The molecule has 0 atom stereocenters. The van der Waals surface area contributed by atoms with Crippen molar-refractivity contribution >= 4 is 29.0 Å². The second-order valence-electron chi connectivity index (χ2n) is 5.17. The zero-order valence-corrected chi connectivity index (χ0v) is 12.5. The first-order valence-corrected chi connectivity index (χ1v) is 7.48. The fourth-order valence-electron chi connectivity index (χ4n) is 2.69. The minimum atomic E-state index is 0.101. The summed E-state index contributed by atoms with van der Waals surface area (Å²) in [6, 6.07) is 11.3. The maximum absolute atomic E-state index is 12.4. The molecule has 102 valence electrons. The van der Waals surface area contributed by atoms with Crippen LogP contribution in [-0.2, 0) is 19.3 Å². The number of hydrogen-bond acceptors (Lipinski definition) is 1. The van der Waals surface area contributed by atoms with Crippen molar-refractivity contribution < 1.29 is 4.79 Å². The molecule has 0 fully saturated rings. The summed E-state index contributed by atoms with van der Waals surface area (Å²) < 4.78 is 0. The Balaban J connectivity index is 1.82. The van der Waals surface area contributed by atoms with Gasteiger partial charge in [-0.25, -0.2) is 0 Å². The highest BCUT2D eigenvalue weighted by atomic mass is 35.5. The average Bonchev–Trinajstić information content (AvgIpc) is 2.89. The molecule has 3 heteroatoms. The molecule has 1 aliphatic carbocycles. The highest BCUT2D eigenvalue weighted by Crippen LogP contribution is 2.25. The molecule has 0 bridgehead atoms. The molecule has 0 saturated heterocycles. The van der Waals surface area contributed by atoms with Crippen LogP contribution in [0.2, 0.25) is 10.0 Å². The van der Waals surface area contributed by atoms with E-state index in [2.05, 4.69) is 6.07 Å². The third kappa shape index (κ3) is 2.74. The maximum atomic E-state index is 12.4. The van der Waals surface area contributed by atoms with Gasteiger partial charge in [-0.1, -0.05) is 41.4 Å². The van der Waals surface area contributed by atoms with Crippen molar-refractivity contribution in [2.24, 2.45) is 0 Å². The Morgan fingerprint density at radius 2 is 1.80 bits per heavy atom. The second kappa shape index (κ2) is 5.59. The molecule has 0 heterocycles. The quantitative estimate of drug-likeness (QED) is 0.737. The molecule has 2 aromatic rings. The molecule has 0 N–H and O–H groups in total. The van der Waals surface area contributed by atoms with Gasteiger partial charge in [0.1, 0.15) is 0 Å². The van der Waals surface area contributed by atoms with Gasteiger partial charge in [-0.3, -0.25) is 4.79 Å². The summed E-state index contributed by atoms with van der Waals surface area (Å²) in [7, 11) is 0. The van der Waals surface area contributed by atoms with Crippen LogP contribution in [0.25, 0.3) is 0 Å². The van der Waals surface area contributed by atoms with Gasteiger partial charge in [-0.05, 0) is 54.2 Å². The highest BCUT2D eigenvalue weighted by Gasteiger charge is 2.15. The zero-order chi connectivity index (χ0) is 14.1. The van der Waals surface area contributed by atoms with E-state index in [1.54, 1.807) is 12.1 Å². The minimum absolute atomic E-state index is 0.101. The van der Waals surface area contributed by atoms with Crippen LogP contribution in [-0.4, -0.2) is 5.78 Å². The Morgan fingerprint density at radius 1 is 1.00 bits per heavy atom. The van der Waals surface area contributed by atoms with Gasteiger partial charge >= 0.3 is 0 Å². The van der Waals surface area contributed by atoms with Crippen LogP contribution in [0.5, 0.6) is 0 Å². The SMILES string of the molecule is O=C(Cc1ccc(Cl)cc1Cl)c1ccc2c(c1)CCC2. The van der Waals surface area contributed by atoms with Crippen molar-refractivity contribution in [1.82, 2.24) is 0 Å². The van der Waals surface area contributed by atoms with Crippen LogP contribution in [0.3, 0.4) is 0 Å². The first-order valence-electron chi connectivity index (χ1n) is 6.72.